The Kier molecular flexibility index (Phi) is 6.97. The Morgan fingerprint density at radius 2 is 1.97 bits per heavy atom. The monoisotopic (exact) mass is 511 g/mol. The van der Waals surface area contributed by atoms with Gasteiger partial charge < -0.3 is 20.5 Å². The van der Waals surface area contributed by atoms with Crippen LogP contribution in [0.2, 0.25) is 0 Å². The Hall–Kier alpha value is -4.09. The molecule has 0 spiro atoms. The highest BCUT2D eigenvalue weighted by Gasteiger charge is 2.39. The van der Waals surface area contributed by atoms with E-state index in [4.69, 9.17) is 5.73 Å². The summed E-state index contributed by atoms with van der Waals surface area (Å²) in [6.45, 7) is 5.32. The van der Waals surface area contributed by atoms with Gasteiger partial charge in [0.25, 0.3) is 5.91 Å². The van der Waals surface area contributed by atoms with Gasteiger partial charge in [0.05, 0.1) is 22.6 Å². The van der Waals surface area contributed by atoms with Gasteiger partial charge in [-0.15, -0.1) is 11.3 Å². The fourth-order valence-corrected chi connectivity index (χ4v) is 5.82. The number of nitrogens with two attached hydrogens (primary N) is 1. The predicted molar refractivity (Wildman–Crippen MR) is 147 cm³/mol. The molecule has 4 aromatic rings. The summed E-state index contributed by atoms with van der Waals surface area (Å²) in [5.41, 5.74) is 11.8. The van der Waals surface area contributed by atoms with Gasteiger partial charge in [-0.25, -0.2) is 4.98 Å². The normalized spacial score (nSPS) is 17.0. The number of amides is 2. The zero-order valence-electron chi connectivity index (χ0n) is 20.9. The molecule has 0 radical (unpaired) electrons. The van der Waals surface area contributed by atoms with Gasteiger partial charge in [-0.1, -0.05) is 55.3 Å². The van der Waals surface area contributed by atoms with Crippen molar-refractivity contribution in [2.45, 2.75) is 39.4 Å². The Morgan fingerprint density at radius 1 is 1.19 bits per heavy atom. The van der Waals surface area contributed by atoms with E-state index in [1.54, 1.807) is 16.2 Å². The molecule has 3 N–H and O–H groups in total. The van der Waals surface area contributed by atoms with E-state index in [1.165, 1.54) is 0 Å². The molecule has 8 heteroatoms. The van der Waals surface area contributed by atoms with Crippen molar-refractivity contribution in [2.75, 3.05) is 6.54 Å². The second-order valence-corrected chi connectivity index (χ2v) is 10.3. The molecule has 1 aliphatic rings. The number of aryl methyl sites for hydroxylation is 1. The predicted octanol–water partition coefficient (Wildman–Crippen LogP) is 4.16. The Balaban J connectivity index is 1.32. The van der Waals surface area contributed by atoms with E-state index in [0.717, 1.165) is 32.6 Å². The van der Waals surface area contributed by atoms with Crippen LogP contribution in [0.5, 0.6) is 0 Å². The quantitative estimate of drug-likeness (QED) is 0.300. The molecular weight excluding hydrogens is 482 g/mol. The maximum absolute atomic E-state index is 13.8. The number of benzene rings is 2. The standard InChI is InChI=1S/C29H29N5O2S/c1-19-14-25(28(35)31-16-21-8-10-22(11-9-21)27-20(2)32-18-37-27)34(17-19)29(36)26-15-23-6-3-4-7-24(23)33(26)13-5-12-30/h3-4,6-11,15,18-19,25H,13-14,16-17,30H2,1-2H3,(H,31,35)/t19-,25+/m1/s1. The highest BCUT2D eigenvalue weighted by molar-refractivity contribution is 7.13. The van der Waals surface area contributed by atoms with Crippen molar-refractivity contribution in [2.24, 2.45) is 11.7 Å². The molecule has 0 bridgehead atoms. The molecule has 0 saturated carbocycles. The molecule has 1 fully saturated rings. The van der Waals surface area contributed by atoms with Crippen molar-refractivity contribution >= 4 is 34.1 Å². The molecule has 2 amide bonds. The number of thiazole rings is 1. The molecule has 3 heterocycles. The van der Waals surface area contributed by atoms with Crippen LogP contribution in [0.3, 0.4) is 0 Å². The molecule has 1 aliphatic heterocycles. The molecule has 37 heavy (non-hydrogen) atoms. The number of nitrogens with one attached hydrogen (secondary N) is 1. The van der Waals surface area contributed by atoms with Gasteiger partial charge in [0, 0.05) is 30.0 Å². The molecular formula is C29H29N5O2S. The minimum atomic E-state index is -0.520. The van der Waals surface area contributed by atoms with E-state index >= 15 is 0 Å². The first-order valence-electron chi connectivity index (χ1n) is 12.3. The van der Waals surface area contributed by atoms with Gasteiger partial charge in [-0.05, 0) is 42.5 Å². The SMILES string of the molecule is Cc1ncsc1-c1ccc(CNC(=O)[C@@H]2C[C@@H](C)CN2C(=O)c2cc3ccccc3n2CC#CN)cc1. The maximum atomic E-state index is 13.8. The lowest BCUT2D eigenvalue weighted by molar-refractivity contribution is -0.125. The third-order valence-electron chi connectivity index (χ3n) is 6.87. The number of likely N-dealkylation sites (tertiary alicyclic amines) is 1. The second-order valence-electron chi connectivity index (χ2n) is 9.49. The fraction of sp³-hybridized carbons (Fsp3) is 0.276. The van der Waals surface area contributed by atoms with Crippen LogP contribution in [0.1, 0.15) is 35.1 Å². The minimum Gasteiger partial charge on any atom is -0.359 e. The third-order valence-corrected chi connectivity index (χ3v) is 7.85. The summed E-state index contributed by atoms with van der Waals surface area (Å²) in [5.74, 6) is 2.79. The number of carbonyl (C=O) groups excluding carboxylic acids is 2. The van der Waals surface area contributed by atoms with Crippen molar-refractivity contribution in [1.29, 1.82) is 0 Å². The number of carbonyl (C=O) groups is 2. The van der Waals surface area contributed by atoms with E-state index in [1.807, 2.05) is 59.5 Å². The van der Waals surface area contributed by atoms with Crippen LogP contribution >= 0.6 is 11.3 Å². The molecule has 2 atom stereocenters. The molecule has 2 aromatic heterocycles. The number of para-hydroxylation sites is 1. The first kappa shape index (κ1) is 24.6. The lowest BCUT2D eigenvalue weighted by Gasteiger charge is -2.24. The van der Waals surface area contributed by atoms with Crippen LogP contribution in [0, 0.1) is 24.8 Å². The van der Waals surface area contributed by atoms with Gasteiger partial charge in [0.15, 0.2) is 0 Å². The van der Waals surface area contributed by atoms with Crippen LogP contribution in [0.4, 0.5) is 0 Å². The van der Waals surface area contributed by atoms with Crippen molar-refractivity contribution in [3.8, 4) is 22.4 Å². The van der Waals surface area contributed by atoms with Crippen LogP contribution in [-0.4, -0.2) is 38.9 Å². The van der Waals surface area contributed by atoms with Gasteiger partial charge in [-0.2, -0.15) is 0 Å². The lowest BCUT2D eigenvalue weighted by atomic mass is 10.1. The number of hydrogen-bond donors (Lipinski definition) is 2. The van der Waals surface area contributed by atoms with Crippen LogP contribution in [-0.2, 0) is 17.9 Å². The average molecular weight is 512 g/mol. The first-order chi connectivity index (χ1) is 18.0. The van der Waals surface area contributed by atoms with E-state index < -0.39 is 6.04 Å². The molecule has 188 valence electrons. The fourth-order valence-electron chi connectivity index (χ4n) is 5.01. The molecule has 5 rings (SSSR count). The summed E-state index contributed by atoms with van der Waals surface area (Å²) < 4.78 is 1.88. The number of aromatic nitrogens is 2. The highest BCUT2D eigenvalue weighted by atomic mass is 32.1. The van der Waals surface area contributed by atoms with Gasteiger partial charge >= 0.3 is 0 Å². The molecule has 7 nitrogen and oxygen atoms in total. The summed E-state index contributed by atoms with van der Waals surface area (Å²) >= 11 is 1.62. The number of rotatable bonds is 6. The van der Waals surface area contributed by atoms with Crippen molar-refractivity contribution < 1.29 is 9.59 Å². The van der Waals surface area contributed by atoms with Gasteiger partial charge in [-0.3, -0.25) is 9.59 Å². The summed E-state index contributed by atoms with van der Waals surface area (Å²) in [5, 5.41) is 4.00. The first-order valence-corrected chi connectivity index (χ1v) is 13.2. The van der Waals surface area contributed by atoms with Gasteiger partial charge in [0.2, 0.25) is 5.91 Å². The van der Waals surface area contributed by atoms with Crippen molar-refractivity contribution in [3.05, 3.63) is 77.1 Å². The van der Waals surface area contributed by atoms with Crippen molar-refractivity contribution in [1.82, 2.24) is 19.8 Å². The molecule has 0 unspecified atom stereocenters. The summed E-state index contributed by atoms with van der Waals surface area (Å²) in [6.07, 6.45) is 0.629. The van der Waals surface area contributed by atoms with E-state index in [-0.39, 0.29) is 17.7 Å². The minimum absolute atomic E-state index is 0.135. The van der Waals surface area contributed by atoms with E-state index in [2.05, 4.69) is 41.3 Å². The molecule has 0 aliphatic carbocycles. The average Bonchev–Trinajstić information content (AvgIpc) is 3.62. The van der Waals surface area contributed by atoms with Crippen molar-refractivity contribution in [3.63, 3.8) is 0 Å². The largest absolute Gasteiger partial charge is 0.359 e. The Labute approximate surface area is 220 Å². The summed E-state index contributed by atoms with van der Waals surface area (Å²) in [4.78, 5) is 34.2. The Bertz CT molecular complexity index is 1510. The van der Waals surface area contributed by atoms with Crippen LogP contribution in [0.15, 0.2) is 60.1 Å². The number of hydrogen-bond acceptors (Lipinski definition) is 5. The molecule has 2 aromatic carbocycles. The van der Waals surface area contributed by atoms with Crippen LogP contribution in [0.25, 0.3) is 21.3 Å². The maximum Gasteiger partial charge on any atom is 0.271 e. The topological polar surface area (TPSA) is 93.2 Å². The summed E-state index contributed by atoms with van der Waals surface area (Å²) in [7, 11) is 0. The van der Waals surface area contributed by atoms with Crippen LogP contribution < -0.4 is 11.1 Å². The zero-order valence-corrected chi connectivity index (χ0v) is 21.7. The lowest BCUT2D eigenvalue weighted by Crippen LogP contribution is -2.46. The second kappa shape index (κ2) is 10.5. The Morgan fingerprint density at radius 3 is 2.70 bits per heavy atom. The zero-order chi connectivity index (χ0) is 25.9. The highest BCUT2D eigenvalue weighted by Crippen LogP contribution is 2.29. The third kappa shape index (κ3) is 4.95. The number of nitrogens with zero attached hydrogens (tertiary/aromatic N) is 3. The molecule has 1 saturated heterocycles. The smallest absolute Gasteiger partial charge is 0.271 e. The summed E-state index contributed by atoms with van der Waals surface area (Å²) in [6, 6.07) is 19.7. The van der Waals surface area contributed by atoms with E-state index in [0.29, 0.717) is 31.7 Å². The number of fused-ring (bicyclic) bond motifs is 1. The van der Waals surface area contributed by atoms with Gasteiger partial charge in [0.1, 0.15) is 11.7 Å². The van der Waals surface area contributed by atoms with E-state index in [9.17, 15) is 9.59 Å².